The van der Waals surface area contributed by atoms with Crippen molar-refractivity contribution >= 4 is 9.84 Å². The van der Waals surface area contributed by atoms with Crippen LogP contribution >= 0.6 is 0 Å². The number of para-hydroxylation sites is 1. The van der Waals surface area contributed by atoms with Crippen molar-refractivity contribution in [2.24, 2.45) is 5.92 Å². The van der Waals surface area contributed by atoms with E-state index in [1.54, 1.807) is 60.7 Å². The minimum Gasteiger partial charge on any atom is -0.494 e. The molecule has 0 radical (unpaired) electrons. The molecular weight excluding hydrogens is 504 g/mol. The Labute approximate surface area is 222 Å². The summed E-state index contributed by atoms with van der Waals surface area (Å²) < 4.78 is 40.4. The Morgan fingerprint density at radius 3 is 2.11 bits per heavy atom. The second kappa shape index (κ2) is 11.1. The summed E-state index contributed by atoms with van der Waals surface area (Å²) in [4.78, 5) is 16.6. The van der Waals surface area contributed by atoms with Crippen LogP contribution in [0.4, 0.5) is 0 Å². The number of ether oxygens (including phenoxy) is 2. The molecule has 0 saturated heterocycles. The maximum absolute atomic E-state index is 14.1. The Bertz CT molecular complexity index is 1590. The fraction of sp³-hybridized carbons (Fsp3) is 0.241. The van der Waals surface area contributed by atoms with Crippen LogP contribution in [0, 0.1) is 5.92 Å². The van der Waals surface area contributed by atoms with Gasteiger partial charge in [-0.05, 0) is 36.1 Å². The zero-order chi connectivity index (χ0) is 27.4. The fourth-order valence-corrected chi connectivity index (χ4v) is 5.87. The number of hydrogen-bond acceptors (Lipinski definition) is 7. The highest BCUT2D eigenvalue weighted by Crippen LogP contribution is 2.39. The molecule has 3 aromatic carbocycles. The number of hydrogen-bond donors (Lipinski definition) is 1. The normalized spacial score (nSPS) is 11.5. The molecule has 1 aromatic heterocycles. The van der Waals surface area contributed by atoms with Crippen LogP contribution in [0.2, 0.25) is 0 Å². The van der Waals surface area contributed by atoms with Gasteiger partial charge < -0.3 is 14.6 Å². The number of sulfone groups is 1. The van der Waals surface area contributed by atoms with Crippen molar-refractivity contribution < 1.29 is 23.0 Å². The van der Waals surface area contributed by atoms with Gasteiger partial charge in [0, 0.05) is 12.0 Å². The summed E-state index contributed by atoms with van der Waals surface area (Å²) in [7, 11) is -1.62. The number of aromatic nitrogens is 2. The fourth-order valence-electron chi connectivity index (χ4n) is 4.31. The Balaban J connectivity index is 2.05. The molecule has 0 bridgehead atoms. The third kappa shape index (κ3) is 5.02. The predicted molar refractivity (Wildman–Crippen MR) is 145 cm³/mol. The third-order valence-corrected chi connectivity index (χ3v) is 8.03. The maximum Gasteiger partial charge on any atom is 0.296 e. The van der Waals surface area contributed by atoms with E-state index in [0.29, 0.717) is 35.5 Å². The molecule has 0 amide bonds. The van der Waals surface area contributed by atoms with Crippen LogP contribution in [0.15, 0.2) is 87.4 Å². The van der Waals surface area contributed by atoms with E-state index in [4.69, 9.17) is 9.47 Å². The highest BCUT2D eigenvalue weighted by Gasteiger charge is 2.33. The average molecular weight is 535 g/mol. The standard InChI is InChI=1S/C29H30N2O6S/c1-19(2)17-18-25-30-28(32)27(29(33)31(25)26-22(36-3)14-10-15-23(26)37-4)38(34,35)24-16-9-8-13-21(24)20-11-6-5-7-12-20/h5-16,19,33H,17-18H2,1-4H3. The maximum atomic E-state index is 14.1. The Kier molecular flexibility index (Phi) is 7.87. The van der Waals surface area contributed by atoms with Gasteiger partial charge in [-0.25, -0.2) is 8.42 Å². The van der Waals surface area contributed by atoms with Crippen LogP contribution < -0.4 is 15.0 Å². The second-order valence-electron chi connectivity index (χ2n) is 9.13. The first-order chi connectivity index (χ1) is 18.2. The average Bonchev–Trinajstić information content (AvgIpc) is 2.91. The monoisotopic (exact) mass is 534 g/mol. The highest BCUT2D eigenvalue weighted by molar-refractivity contribution is 7.91. The number of aromatic hydroxyl groups is 1. The lowest BCUT2D eigenvalue weighted by molar-refractivity contribution is 0.373. The van der Waals surface area contributed by atoms with Crippen LogP contribution in [0.25, 0.3) is 16.8 Å². The van der Waals surface area contributed by atoms with Gasteiger partial charge in [-0.3, -0.25) is 9.36 Å². The number of rotatable bonds is 9. The molecule has 0 atom stereocenters. The minimum atomic E-state index is -4.52. The summed E-state index contributed by atoms with van der Waals surface area (Å²) in [5, 5.41) is 11.6. The molecule has 1 heterocycles. The first kappa shape index (κ1) is 26.9. The largest absolute Gasteiger partial charge is 0.494 e. The Morgan fingerprint density at radius 2 is 1.50 bits per heavy atom. The molecule has 9 heteroatoms. The van der Waals surface area contributed by atoms with Crippen molar-refractivity contribution in [2.75, 3.05) is 14.2 Å². The van der Waals surface area contributed by atoms with Gasteiger partial charge in [-0.15, -0.1) is 0 Å². The van der Waals surface area contributed by atoms with Gasteiger partial charge in [0.15, 0.2) is 4.90 Å². The van der Waals surface area contributed by atoms with Crippen molar-refractivity contribution in [3.05, 3.63) is 89.0 Å². The van der Waals surface area contributed by atoms with E-state index in [9.17, 15) is 18.3 Å². The molecule has 4 rings (SSSR count). The molecule has 0 aliphatic carbocycles. The number of aryl methyl sites for hydroxylation is 1. The second-order valence-corrected chi connectivity index (χ2v) is 11.0. The predicted octanol–water partition coefficient (Wildman–Crippen LogP) is 5.04. The van der Waals surface area contributed by atoms with Gasteiger partial charge in [0.25, 0.3) is 5.56 Å². The summed E-state index contributed by atoms with van der Waals surface area (Å²) in [6.07, 6.45) is 0.953. The van der Waals surface area contributed by atoms with Gasteiger partial charge in [-0.2, -0.15) is 4.98 Å². The number of benzene rings is 3. The number of nitrogens with zero attached hydrogens (tertiary/aromatic N) is 2. The Morgan fingerprint density at radius 1 is 0.895 bits per heavy atom. The Hall–Kier alpha value is -4.11. The van der Waals surface area contributed by atoms with E-state index in [0.717, 1.165) is 0 Å². The zero-order valence-corrected chi connectivity index (χ0v) is 22.5. The summed E-state index contributed by atoms with van der Waals surface area (Å²) >= 11 is 0. The van der Waals surface area contributed by atoms with Crippen molar-refractivity contribution in [1.82, 2.24) is 9.55 Å². The summed E-state index contributed by atoms with van der Waals surface area (Å²) in [6.45, 7) is 4.04. The number of methoxy groups -OCH3 is 2. The molecule has 38 heavy (non-hydrogen) atoms. The lowest BCUT2D eigenvalue weighted by atomic mass is 10.1. The van der Waals surface area contributed by atoms with Crippen LogP contribution in [-0.2, 0) is 16.3 Å². The topological polar surface area (TPSA) is 108 Å². The van der Waals surface area contributed by atoms with Crippen LogP contribution in [0.1, 0.15) is 26.1 Å². The first-order valence-corrected chi connectivity index (χ1v) is 13.6. The van der Waals surface area contributed by atoms with Gasteiger partial charge in [0.1, 0.15) is 23.0 Å². The lowest BCUT2D eigenvalue weighted by Gasteiger charge is -2.21. The van der Waals surface area contributed by atoms with E-state index < -0.39 is 26.2 Å². The smallest absolute Gasteiger partial charge is 0.296 e. The van der Waals surface area contributed by atoms with Crippen molar-refractivity contribution in [1.29, 1.82) is 0 Å². The molecule has 0 unspecified atom stereocenters. The van der Waals surface area contributed by atoms with E-state index in [2.05, 4.69) is 4.98 Å². The van der Waals surface area contributed by atoms with Crippen LogP contribution in [0.5, 0.6) is 17.4 Å². The molecule has 198 valence electrons. The summed E-state index contributed by atoms with van der Waals surface area (Å²) in [6, 6.07) is 20.3. The molecule has 0 fully saturated rings. The molecule has 0 aliphatic rings. The molecule has 1 N–H and O–H groups in total. The zero-order valence-electron chi connectivity index (χ0n) is 21.7. The molecule has 0 aliphatic heterocycles. The molecule has 0 saturated carbocycles. The van der Waals surface area contributed by atoms with Crippen molar-refractivity contribution in [2.45, 2.75) is 36.5 Å². The van der Waals surface area contributed by atoms with E-state index in [1.807, 2.05) is 19.9 Å². The molecule has 4 aromatic rings. The lowest BCUT2D eigenvalue weighted by Crippen LogP contribution is -2.25. The quantitative estimate of drug-likeness (QED) is 0.320. The van der Waals surface area contributed by atoms with Gasteiger partial charge >= 0.3 is 0 Å². The van der Waals surface area contributed by atoms with Crippen molar-refractivity contribution in [3.63, 3.8) is 0 Å². The van der Waals surface area contributed by atoms with E-state index >= 15 is 0 Å². The van der Waals surface area contributed by atoms with Crippen LogP contribution in [-0.4, -0.2) is 37.3 Å². The van der Waals surface area contributed by atoms with Gasteiger partial charge in [0.05, 0.1) is 19.1 Å². The molecule has 0 spiro atoms. The first-order valence-electron chi connectivity index (χ1n) is 12.2. The minimum absolute atomic E-state index is 0.117. The van der Waals surface area contributed by atoms with E-state index in [-0.39, 0.29) is 22.3 Å². The third-order valence-electron chi connectivity index (χ3n) is 6.20. The van der Waals surface area contributed by atoms with Crippen molar-refractivity contribution in [3.8, 4) is 34.2 Å². The van der Waals surface area contributed by atoms with Crippen LogP contribution in [0.3, 0.4) is 0 Å². The van der Waals surface area contributed by atoms with Gasteiger partial charge in [-0.1, -0.05) is 68.4 Å². The molecular formula is C29H30N2O6S. The van der Waals surface area contributed by atoms with E-state index in [1.165, 1.54) is 24.9 Å². The summed E-state index contributed by atoms with van der Waals surface area (Å²) in [5.41, 5.74) is 0.264. The highest BCUT2D eigenvalue weighted by atomic mass is 32.2. The van der Waals surface area contributed by atoms with Gasteiger partial charge in [0.2, 0.25) is 15.7 Å². The summed E-state index contributed by atoms with van der Waals surface area (Å²) in [5.74, 6) is 0.324. The molecule has 8 nitrogen and oxygen atoms in total. The SMILES string of the molecule is COc1cccc(OC)c1-n1c(CCC(C)C)nc(=O)c(S(=O)(=O)c2ccccc2-c2ccccc2)c1O.